The summed E-state index contributed by atoms with van der Waals surface area (Å²) < 4.78 is 13.0. The molecule has 0 unspecified atom stereocenters. The van der Waals surface area contributed by atoms with Gasteiger partial charge < -0.3 is 24.0 Å². The van der Waals surface area contributed by atoms with Gasteiger partial charge in [-0.1, -0.05) is 30.3 Å². The molecule has 1 amide bonds. The molecule has 0 atom stereocenters. The van der Waals surface area contributed by atoms with E-state index in [4.69, 9.17) is 9.47 Å². The predicted molar refractivity (Wildman–Crippen MR) is 128 cm³/mol. The normalized spacial score (nSPS) is 13.9. The van der Waals surface area contributed by atoms with Crippen molar-refractivity contribution < 1.29 is 19.4 Å². The minimum Gasteiger partial charge on any atom is -0.508 e. The van der Waals surface area contributed by atoms with Gasteiger partial charge >= 0.3 is 0 Å². The standard InChI is InChI=1S/C27H26N2O4/c1-32-22-10-7-20(8-11-22)26-25(27(31)28-13-15-33-16-14-28)23-17-21(30)9-12-24(23)29(26)18-19-5-3-2-4-6-19/h2-12,17,30H,13-16,18H2,1H3. The second-order valence-electron chi connectivity index (χ2n) is 8.13. The van der Waals surface area contributed by atoms with Gasteiger partial charge in [-0.25, -0.2) is 0 Å². The van der Waals surface area contributed by atoms with Crippen molar-refractivity contribution in [2.45, 2.75) is 6.54 Å². The third-order valence-corrected chi connectivity index (χ3v) is 6.11. The molecule has 1 aromatic heterocycles. The quantitative estimate of drug-likeness (QED) is 0.493. The van der Waals surface area contributed by atoms with E-state index in [1.807, 2.05) is 53.4 Å². The molecule has 1 fully saturated rings. The Balaban J connectivity index is 1.76. The molecule has 0 aliphatic carbocycles. The number of carbonyl (C=O) groups is 1. The Morgan fingerprint density at radius 1 is 1.00 bits per heavy atom. The Morgan fingerprint density at radius 3 is 2.42 bits per heavy atom. The maximum absolute atomic E-state index is 13.9. The molecule has 4 aromatic rings. The summed E-state index contributed by atoms with van der Waals surface area (Å²) in [4.78, 5) is 15.7. The van der Waals surface area contributed by atoms with Crippen molar-refractivity contribution in [2.75, 3.05) is 33.4 Å². The fourth-order valence-corrected chi connectivity index (χ4v) is 4.46. The van der Waals surface area contributed by atoms with Crippen LogP contribution < -0.4 is 4.74 Å². The molecular formula is C27H26N2O4. The third kappa shape index (κ3) is 4.05. The number of aromatic hydroxyl groups is 1. The van der Waals surface area contributed by atoms with Crippen LogP contribution in [0.25, 0.3) is 22.2 Å². The number of ether oxygens (including phenoxy) is 2. The lowest BCUT2D eigenvalue weighted by molar-refractivity contribution is 0.0304. The first-order chi connectivity index (χ1) is 16.2. The number of hydrogen-bond acceptors (Lipinski definition) is 4. The van der Waals surface area contributed by atoms with E-state index in [1.54, 1.807) is 19.2 Å². The molecule has 1 aliphatic heterocycles. The van der Waals surface area contributed by atoms with Gasteiger partial charge in [0.15, 0.2) is 0 Å². The number of rotatable bonds is 5. The van der Waals surface area contributed by atoms with Crippen LogP contribution in [0.15, 0.2) is 72.8 Å². The van der Waals surface area contributed by atoms with Crippen LogP contribution in [-0.2, 0) is 11.3 Å². The minimum atomic E-state index is -0.0495. The lowest BCUT2D eigenvalue weighted by Crippen LogP contribution is -2.40. The van der Waals surface area contributed by atoms with Gasteiger partial charge in [-0.15, -0.1) is 0 Å². The summed E-state index contributed by atoms with van der Waals surface area (Å²) in [5.41, 5.74) is 4.38. The number of aromatic nitrogens is 1. The molecular weight excluding hydrogens is 416 g/mol. The Kier molecular flexibility index (Phi) is 5.75. The first-order valence-electron chi connectivity index (χ1n) is 11.1. The molecule has 0 spiro atoms. The molecule has 33 heavy (non-hydrogen) atoms. The molecule has 2 heterocycles. The van der Waals surface area contributed by atoms with Gasteiger partial charge in [0.1, 0.15) is 11.5 Å². The molecule has 1 aliphatic rings. The van der Waals surface area contributed by atoms with Crippen molar-refractivity contribution in [3.63, 3.8) is 0 Å². The lowest BCUT2D eigenvalue weighted by Gasteiger charge is -2.27. The van der Waals surface area contributed by atoms with Crippen molar-refractivity contribution in [1.29, 1.82) is 0 Å². The summed E-state index contributed by atoms with van der Waals surface area (Å²) in [6.07, 6.45) is 0. The topological polar surface area (TPSA) is 63.9 Å². The van der Waals surface area contributed by atoms with Crippen LogP contribution in [0.1, 0.15) is 15.9 Å². The SMILES string of the molecule is COc1ccc(-c2c(C(=O)N3CCOCC3)c3cc(O)ccc3n2Cc2ccccc2)cc1. The van der Waals surface area contributed by atoms with E-state index in [0.29, 0.717) is 38.4 Å². The third-order valence-electron chi connectivity index (χ3n) is 6.11. The molecule has 0 saturated carbocycles. The number of phenolic OH excluding ortho intramolecular Hbond substituents is 1. The second kappa shape index (κ2) is 9.00. The molecule has 6 nitrogen and oxygen atoms in total. The molecule has 0 bridgehead atoms. The van der Waals surface area contributed by atoms with Crippen molar-refractivity contribution in [1.82, 2.24) is 9.47 Å². The minimum absolute atomic E-state index is 0.0495. The van der Waals surface area contributed by atoms with Gasteiger partial charge in [-0.3, -0.25) is 4.79 Å². The van der Waals surface area contributed by atoms with Crippen LogP contribution in [0.4, 0.5) is 0 Å². The van der Waals surface area contributed by atoms with E-state index in [-0.39, 0.29) is 11.7 Å². The smallest absolute Gasteiger partial charge is 0.256 e. The van der Waals surface area contributed by atoms with Gasteiger partial charge in [0.25, 0.3) is 5.91 Å². The average Bonchev–Trinajstić information content (AvgIpc) is 3.17. The number of benzene rings is 3. The maximum atomic E-state index is 13.9. The van der Waals surface area contributed by atoms with E-state index >= 15 is 0 Å². The highest BCUT2D eigenvalue weighted by molar-refractivity contribution is 6.13. The largest absolute Gasteiger partial charge is 0.508 e. The Hall–Kier alpha value is -3.77. The van der Waals surface area contributed by atoms with Crippen LogP contribution in [0.3, 0.4) is 0 Å². The van der Waals surface area contributed by atoms with Crippen molar-refractivity contribution in [3.05, 3.63) is 83.9 Å². The molecule has 1 N–H and O–H groups in total. The summed E-state index contributed by atoms with van der Waals surface area (Å²) in [6.45, 7) is 2.74. The van der Waals surface area contributed by atoms with Crippen molar-refractivity contribution in [2.24, 2.45) is 0 Å². The van der Waals surface area contributed by atoms with Gasteiger partial charge in [-0.05, 0) is 53.6 Å². The molecule has 5 rings (SSSR count). The Morgan fingerprint density at radius 2 is 1.73 bits per heavy atom. The zero-order chi connectivity index (χ0) is 22.8. The molecule has 3 aromatic carbocycles. The number of amides is 1. The lowest BCUT2D eigenvalue weighted by atomic mass is 10.0. The number of nitrogens with zero attached hydrogens (tertiary/aromatic N) is 2. The number of fused-ring (bicyclic) bond motifs is 1. The van der Waals surface area contributed by atoms with E-state index in [1.165, 1.54) is 0 Å². The van der Waals surface area contributed by atoms with Crippen LogP contribution in [0.2, 0.25) is 0 Å². The van der Waals surface area contributed by atoms with Gasteiger partial charge in [0.05, 0.1) is 31.6 Å². The zero-order valence-corrected chi connectivity index (χ0v) is 18.5. The summed E-state index contributed by atoms with van der Waals surface area (Å²) in [6, 6.07) is 23.2. The highest BCUT2D eigenvalue weighted by Crippen LogP contribution is 2.37. The zero-order valence-electron chi connectivity index (χ0n) is 18.5. The highest BCUT2D eigenvalue weighted by atomic mass is 16.5. The molecule has 168 valence electrons. The number of methoxy groups -OCH3 is 1. The van der Waals surface area contributed by atoms with Gasteiger partial charge in [0, 0.05) is 30.5 Å². The van der Waals surface area contributed by atoms with Gasteiger partial charge in [-0.2, -0.15) is 0 Å². The van der Waals surface area contributed by atoms with E-state index < -0.39 is 0 Å². The summed E-state index contributed by atoms with van der Waals surface area (Å²) in [7, 11) is 1.64. The number of morpholine rings is 1. The van der Waals surface area contributed by atoms with Crippen LogP contribution in [0, 0.1) is 0 Å². The fraction of sp³-hybridized carbons (Fsp3) is 0.222. The van der Waals surface area contributed by atoms with Gasteiger partial charge in [0.2, 0.25) is 0 Å². The van der Waals surface area contributed by atoms with Crippen molar-refractivity contribution >= 4 is 16.8 Å². The number of hydrogen-bond donors (Lipinski definition) is 1. The average molecular weight is 443 g/mol. The molecule has 6 heteroatoms. The Labute approximate surface area is 192 Å². The van der Waals surface area contributed by atoms with Crippen LogP contribution in [0.5, 0.6) is 11.5 Å². The second-order valence-corrected chi connectivity index (χ2v) is 8.13. The molecule has 0 radical (unpaired) electrons. The highest BCUT2D eigenvalue weighted by Gasteiger charge is 2.28. The van der Waals surface area contributed by atoms with Crippen LogP contribution in [-0.4, -0.2) is 53.9 Å². The summed E-state index contributed by atoms with van der Waals surface area (Å²) in [5.74, 6) is 0.839. The molecule has 1 saturated heterocycles. The Bertz CT molecular complexity index is 1270. The number of phenols is 1. The monoisotopic (exact) mass is 442 g/mol. The van der Waals surface area contributed by atoms with Crippen LogP contribution >= 0.6 is 0 Å². The maximum Gasteiger partial charge on any atom is 0.256 e. The first kappa shape index (κ1) is 21.1. The van der Waals surface area contributed by atoms with E-state index in [0.717, 1.165) is 33.5 Å². The summed E-state index contributed by atoms with van der Waals surface area (Å²) >= 11 is 0. The van der Waals surface area contributed by atoms with E-state index in [9.17, 15) is 9.90 Å². The van der Waals surface area contributed by atoms with Crippen molar-refractivity contribution in [3.8, 4) is 22.8 Å². The fourth-order valence-electron chi connectivity index (χ4n) is 4.46. The summed E-state index contributed by atoms with van der Waals surface area (Å²) in [5, 5.41) is 11.0. The first-order valence-corrected chi connectivity index (χ1v) is 11.1. The number of carbonyl (C=O) groups excluding carboxylic acids is 1. The predicted octanol–water partition coefficient (Wildman–Crippen LogP) is 4.54. The van der Waals surface area contributed by atoms with E-state index in [2.05, 4.69) is 16.7 Å².